The molecule has 1 aromatic heterocycles. The van der Waals surface area contributed by atoms with E-state index in [0.29, 0.717) is 0 Å². The molecule has 3 aromatic rings. The normalized spacial score (nSPS) is 11.5. The number of nitrogens with zero attached hydrogens (tertiary/aromatic N) is 1. The van der Waals surface area contributed by atoms with E-state index in [0.717, 1.165) is 31.6 Å². The fourth-order valence-electron chi connectivity index (χ4n) is 3.10. The summed E-state index contributed by atoms with van der Waals surface area (Å²) in [6.45, 7) is 5.07. The lowest BCUT2D eigenvalue weighted by molar-refractivity contribution is -0.124. The van der Waals surface area contributed by atoms with Crippen molar-refractivity contribution in [1.29, 1.82) is 0 Å². The Morgan fingerprint density at radius 2 is 1.93 bits per heavy atom. The first kappa shape index (κ1) is 18.9. The van der Waals surface area contributed by atoms with Crippen molar-refractivity contribution >= 4 is 22.9 Å². The van der Waals surface area contributed by atoms with Gasteiger partial charge in [0.1, 0.15) is 0 Å². The summed E-state index contributed by atoms with van der Waals surface area (Å²) < 4.78 is 0. The molecule has 1 heterocycles. The van der Waals surface area contributed by atoms with Crippen molar-refractivity contribution in [3.05, 3.63) is 77.5 Å². The molecule has 0 aliphatic rings. The highest BCUT2D eigenvalue weighted by atomic mass is 16.5. The van der Waals surface area contributed by atoms with Crippen LogP contribution in [0.25, 0.3) is 17.0 Å². The molecular weight excluding hydrogens is 338 g/mol. The topological polar surface area (TPSA) is 68.4 Å². The Morgan fingerprint density at radius 1 is 1.15 bits per heavy atom. The van der Waals surface area contributed by atoms with Crippen LogP contribution in [0.15, 0.2) is 60.8 Å². The van der Waals surface area contributed by atoms with Crippen LogP contribution in [0.1, 0.15) is 23.6 Å². The number of benzene rings is 2. The smallest absolute Gasteiger partial charge is 0.267 e. The molecule has 0 radical (unpaired) electrons. The van der Waals surface area contributed by atoms with Crippen LogP contribution < -0.4 is 5.48 Å². The Hall–Kier alpha value is -2.89. The summed E-state index contributed by atoms with van der Waals surface area (Å²) in [6.07, 6.45) is 5.96. The number of hydrogen-bond donors (Lipinski definition) is 3. The number of amides is 1. The number of aromatic nitrogens is 1. The van der Waals surface area contributed by atoms with Crippen LogP contribution in [0.3, 0.4) is 0 Å². The predicted octanol–water partition coefficient (Wildman–Crippen LogP) is 3.75. The third-order valence-electron chi connectivity index (χ3n) is 4.70. The van der Waals surface area contributed by atoms with Crippen molar-refractivity contribution in [2.75, 3.05) is 13.1 Å². The summed E-state index contributed by atoms with van der Waals surface area (Å²) in [4.78, 5) is 16.7. The molecule has 0 spiro atoms. The second-order valence-electron chi connectivity index (χ2n) is 6.57. The van der Waals surface area contributed by atoms with Gasteiger partial charge in [0.05, 0.1) is 0 Å². The number of rotatable bonds is 8. The third kappa shape index (κ3) is 5.29. The van der Waals surface area contributed by atoms with Gasteiger partial charge in [0.15, 0.2) is 0 Å². The van der Waals surface area contributed by atoms with Crippen molar-refractivity contribution in [1.82, 2.24) is 15.4 Å². The molecule has 0 fully saturated rings. The van der Waals surface area contributed by atoms with Crippen molar-refractivity contribution in [2.45, 2.75) is 19.9 Å². The van der Waals surface area contributed by atoms with Gasteiger partial charge in [0.25, 0.3) is 5.91 Å². The van der Waals surface area contributed by atoms with E-state index in [4.69, 9.17) is 5.21 Å². The Kier molecular flexibility index (Phi) is 6.41. The number of hydroxylamine groups is 1. The molecule has 5 nitrogen and oxygen atoms in total. The lowest BCUT2D eigenvalue weighted by Crippen LogP contribution is -2.25. The van der Waals surface area contributed by atoms with E-state index in [1.165, 1.54) is 28.1 Å². The minimum Gasteiger partial charge on any atom is -0.361 e. The monoisotopic (exact) mass is 363 g/mol. The van der Waals surface area contributed by atoms with Gasteiger partial charge in [-0.2, -0.15) is 0 Å². The van der Waals surface area contributed by atoms with E-state index in [9.17, 15) is 4.79 Å². The van der Waals surface area contributed by atoms with E-state index in [2.05, 4.69) is 53.2 Å². The van der Waals surface area contributed by atoms with Crippen molar-refractivity contribution in [2.24, 2.45) is 0 Å². The number of likely N-dealkylation sites (N-methyl/N-ethyl adjacent to an activating group) is 1. The van der Waals surface area contributed by atoms with Gasteiger partial charge in [-0.15, -0.1) is 0 Å². The molecule has 3 N–H and O–H groups in total. The molecule has 0 saturated heterocycles. The first-order valence-corrected chi connectivity index (χ1v) is 9.17. The maximum atomic E-state index is 11.0. The van der Waals surface area contributed by atoms with Gasteiger partial charge in [0.2, 0.25) is 0 Å². The Balaban J connectivity index is 1.56. The summed E-state index contributed by atoms with van der Waals surface area (Å²) in [5.41, 5.74) is 6.27. The molecule has 1 amide bonds. The minimum absolute atomic E-state index is 0.533. The highest BCUT2D eigenvalue weighted by Crippen LogP contribution is 2.15. The highest BCUT2D eigenvalue weighted by Gasteiger charge is 2.05. The molecule has 0 bridgehead atoms. The van der Waals surface area contributed by atoms with E-state index in [-0.39, 0.29) is 0 Å². The summed E-state index contributed by atoms with van der Waals surface area (Å²) in [5, 5.41) is 9.76. The fourth-order valence-corrected chi connectivity index (χ4v) is 3.10. The van der Waals surface area contributed by atoms with Crippen LogP contribution in [-0.4, -0.2) is 34.1 Å². The molecule has 2 aromatic carbocycles. The van der Waals surface area contributed by atoms with Gasteiger partial charge in [-0.05, 0) is 59.3 Å². The van der Waals surface area contributed by atoms with E-state index >= 15 is 0 Å². The molecule has 0 aliphatic carbocycles. The van der Waals surface area contributed by atoms with E-state index in [1.54, 1.807) is 11.6 Å². The first-order valence-electron chi connectivity index (χ1n) is 9.17. The molecule has 27 heavy (non-hydrogen) atoms. The largest absolute Gasteiger partial charge is 0.361 e. The molecule has 5 heteroatoms. The highest BCUT2D eigenvalue weighted by molar-refractivity contribution is 5.90. The van der Waals surface area contributed by atoms with Gasteiger partial charge in [-0.1, -0.05) is 37.3 Å². The average Bonchev–Trinajstić information content (AvgIpc) is 3.18. The van der Waals surface area contributed by atoms with Crippen LogP contribution in [0.4, 0.5) is 0 Å². The predicted molar refractivity (Wildman–Crippen MR) is 108 cm³/mol. The standard InChI is InChI=1S/C22H25N3O2/c1-2-25(14-12-18-7-9-21-20(15-18)11-13-23-21)16-19-5-3-17(4-6-19)8-10-22(26)24-27/h3-11,13,15,23,27H,2,12,14,16H2,1H3,(H,24,26)/b10-8+. The quantitative estimate of drug-likeness (QED) is 0.324. The van der Waals surface area contributed by atoms with Crippen LogP contribution >= 0.6 is 0 Å². The number of hydrogen-bond acceptors (Lipinski definition) is 3. The summed E-state index contributed by atoms with van der Waals surface area (Å²) in [5.74, 6) is -0.533. The first-order chi connectivity index (χ1) is 13.2. The molecule has 0 saturated carbocycles. The Labute approximate surface area is 159 Å². The zero-order chi connectivity index (χ0) is 19.1. The summed E-state index contributed by atoms with van der Waals surface area (Å²) >= 11 is 0. The number of carbonyl (C=O) groups is 1. The van der Waals surface area contributed by atoms with Crippen LogP contribution in [0.5, 0.6) is 0 Å². The molecule has 140 valence electrons. The van der Waals surface area contributed by atoms with Crippen molar-refractivity contribution in [3.8, 4) is 0 Å². The zero-order valence-corrected chi connectivity index (χ0v) is 15.5. The zero-order valence-electron chi connectivity index (χ0n) is 15.5. The average molecular weight is 363 g/mol. The number of H-pyrrole nitrogens is 1. The second-order valence-corrected chi connectivity index (χ2v) is 6.57. The number of aromatic amines is 1. The van der Waals surface area contributed by atoms with Gasteiger partial charge in [0, 0.05) is 30.9 Å². The molecule has 0 unspecified atom stereocenters. The molecule has 0 atom stereocenters. The second kappa shape index (κ2) is 9.16. The lowest BCUT2D eigenvalue weighted by Gasteiger charge is -2.20. The Morgan fingerprint density at radius 3 is 2.67 bits per heavy atom. The number of fused-ring (bicyclic) bond motifs is 1. The molecule has 3 rings (SSSR count). The number of carbonyl (C=O) groups excluding carboxylic acids is 1. The van der Waals surface area contributed by atoms with Crippen molar-refractivity contribution in [3.63, 3.8) is 0 Å². The van der Waals surface area contributed by atoms with Crippen LogP contribution in [0, 0.1) is 0 Å². The molecule has 0 aliphatic heterocycles. The maximum absolute atomic E-state index is 11.0. The van der Waals surface area contributed by atoms with Gasteiger partial charge >= 0.3 is 0 Å². The summed E-state index contributed by atoms with van der Waals surface area (Å²) in [7, 11) is 0. The van der Waals surface area contributed by atoms with Gasteiger partial charge in [-0.25, -0.2) is 5.48 Å². The fraction of sp³-hybridized carbons (Fsp3) is 0.227. The maximum Gasteiger partial charge on any atom is 0.267 e. The number of nitrogens with one attached hydrogen (secondary N) is 2. The van der Waals surface area contributed by atoms with Gasteiger partial charge < -0.3 is 4.98 Å². The van der Waals surface area contributed by atoms with E-state index < -0.39 is 5.91 Å². The summed E-state index contributed by atoms with van der Waals surface area (Å²) in [6, 6.07) is 16.8. The van der Waals surface area contributed by atoms with Crippen LogP contribution in [-0.2, 0) is 17.8 Å². The Bertz CT molecular complexity index is 913. The lowest BCUT2D eigenvalue weighted by atomic mass is 10.1. The SMILES string of the molecule is CCN(CCc1ccc2[nH]ccc2c1)Cc1ccc(/C=C/C(=O)NO)cc1. The molecular formula is C22H25N3O2. The van der Waals surface area contributed by atoms with Gasteiger partial charge in [-0.3, -0.25) is 14.9 Å². The van der Waals surface area contributed by atoms with E-state index in [1.807, 2.05) is 18.3 Å². The minimum atomic E-state index is -0.533. The third-order valence-corrected chi connectivity index (χ3v) is 4.70. The van der Waals surface area contributed by atoms with Crippen molar-refractivity contribution < 1.29 is 10.0 Å². The van der Waals surface area contributed by atoms with Crippen LogP contribution in [0.2, 0.25) is 0 Å².